The monoisotopic (exact) mass is 755 g/mol. The number of aliphatic carboxylic acids is 1. The van der Waals surface area contributed by atoms with Crippen molar-refractivity contribution in [2.45, 2.75) is 93.7 Å². The van der Waals surface area contributed by atoms with Crippen LogP contribution in [-0.4, -0.2) is 177 Å². The van der Waals surface area contributed by atoms with Gasteiger partial charge in [-0.3, -0.25) is 38.4 Å². The summed E-state index contributed by atoms with van der Waals surface area (Å²) in [7, 11) is 0. The lowest BCUT2D eigenvalue weighted by Crippen LogP contribution is -2.58. The zero-order valence-electron chi connectivity index (χ0n) is 29.1. The Bertz CT molecular complexity index is 1410. The molecule has 296 valence electrons. The molecule has 3 saturated heterocycles. The Morgan fingerprint density at radius 3 is 1.72 bits per heavy atom. The van der Waals surface area contributed by atoms with E-state index in [4.69, 9.17) is 16.6 Å². The lowest BCUT2D eigenvalue weighted by Gasteiger charge is -2.35. The van der Waals surface area contributed by atoms with Crippen molar-refractivity contribution in [3.63, 3.8) is 0 Å². The predicted molar refractivity (Wildman–Crippen MR) is 178 cm³/mol. The molecule has 3 aliphatic heterocycles. The van der Waals surface area contributed by atoms with E-state index < -0.39 is 122 Å². The van der Waals surface area contributed by atoms with Gasteiger partial charge in [-0.15, -0.1) is 0 Å². The average molecular weight is 756 g/mol. The fourth-order valence-electron chi connectivity index (χ4n) is 6.55. The number of hydrogen-bond acceptors (Lipinski definition) is 13. The van der Waals surface area contributed by atoms with Crippen molar-refractivity contribution in [1.29, 1.82) is 0 Å². The summed E-state index contributed by atoms with van der Waals surface area (Å²) in [5, 5.41) is 46.0. The maximum atomic E-state index is 14.0. The van der Waals surface area contributed by atoms with Crippen molar-refractivity contribution in [2.75, 3.05) is 46.0 Å². The molecule has 3 rings (SSSR count). The smallest absolute Gasteiger partial charge is 0.328 e. The van der Waals surface area contributed by atoms with E-state index >= 15 is 0 Å². The van der Waals surface area contributed by atoms with Gasteiger partial charge in [0.2, 0.25) is 47.3 Å². The van der Waals surface area contributed by atoms with Crippen molar-refractivity contribution in [3.8, 4) is 0 Å². The summed E-state index contributed by atoms with van der Waals surface area (Å²) in [4.78, 5) is 119. The van der Waals surface area contributed by atoms with Crippen molar-refractivity contribution in [1.82, 2.24) is 36.0 Å². The summed E-state index contributed by atoms with van der Waals surface area (Å²) >= 11 is 0. The molecule has 0 radical (unpaired) electrons. The molecule has 0 aromatic rings. The van der Waals surface area contributed by atoms with E-state index in [0.717, 1.165) is 0 Å². The first-order valence-corrected chi connectivity index (χ1v) is 17.3. The van der Waals surface area contributed by atoms with Gasteiger partial charge in [-0.2, -0.15) is 0 Å². The molecule has 22 heteroatoms. The second-order valence-corrected chi connectivity index (χ2v) is 13.0. The maximum Gasteiger partial charge on any atom is 0.328 e. The van der Waals surface area contributed by atoms with Crippen LogP contribution in [0, 0.1) is 0 Å². The third-order valence-electron chi connectivity index (χ3n) is 9.36. The lowest BCUT2D eigenvalue weighted by atomic mass is 10.1. The number of aliphatic hydroxyl groups is 3. The first-order chi connectivity index (χ1) is 25.1. The molecular weight excluding hydrogens is 706 g/mol. The number of carbonyl (C=O) groups excluding carboxylic acids is 8. The highest BCUT2D eigenvalue weighted by Crippen LogP contribution is 2.29. The van der Waals surface area contributed by atoms with E-state index in [9.17, 15) is 58.5 Å². The summed E-state index contributed by atoms with van der Waals surface area (Å²) in [5.41, 5.74) is 10.7. The molecule has 3 fully saturated rings. The molecule has 3 aliphatic rings. The highest BCUT2D eigenvalue weighted by molar-refractivity contribution is 5.97. The van der Waals surface area contributed by atoms with E-state index in [0.29, 0.717) is 19.3 Å². The topological polar surface area (TPSA) is 344 Å². The van der Waals surface area contributed by atoms with Crippen molar-refractivity contribution in [3.05, 3.63) is 0 Å². The normalized spacial score (nSPS) is 22.0. The van der Waals surface area contributed by atoms with Gasteiger partial charge in [0.25, 0.3) is 0 Å². The minimum atomic E-state index is -1.55. The number of hydrogen-bond donors (Lipinski definition) is 10. The minimum Gasteiger partial charge on any atom is -0.480 e. The number of carboxylic acid groups (broad SMARTS) is 1. The van der Waals surface area contributed by atoms with Crippen molar-refractivity contribution < 1.29 is 63.6 Å². The summed E-state index contributed by atoms with van der Waals surface area (Å²) in [6.45, 7) is -2.66. The second-order valence-electron chi connectivity index (χ2n) is 13.0. The molecule has 0 spiro atoms. The molecule has 0 saturated carbocycles. The van der Waals surface area contributed by atoms with E-state index in [1.807, 2.05) is 0 Å². The molecule has 22 nitrogen and oxygen atoms in total. The van der Waals surface area contributed by atoms with Gasteiger partial charge in [0.05, 0.1) is 26.4 Å². The number of nitrogens with one attached hydrogen (secondary N) is 4. The molecule has 53 heavy (non-hydrogen) atoms. The fraction of sp³-hybridized carbons (Fsp3) is 0.710. The predicted octanol–water partition coefficient (Wildman–Crippen LogP) is -6.82. The standard InChI is InChI=1S/C31H49N9O13/c32-16(13-41)25(46)36-18(14-42)26(47)34-12-24(45)35-17(7-8-23(33)44)28(49)39-10-2-5-21(39)30(51)40-11-3-6-22(40)29(50)38-9-1-4-20(38)27(48)37-19(15-43)31(52)53/h16-22,41-43H,1-15,32H2,(H2,33,44)(H,34,47)(H,35,45)(H,36,46)(H,37,48)(H,52,53)/t16-,17-,18-,19-,20-,21-,22-/m0/s1. The zero-order chi connectivity index (χ0) is 39.4. The SMILES string of the molecule is NC(=O)CC[C@H](NC(=O)CNC(=O)[C@H](CO)NC(=O)[C@@H](N)CO)C(=O)N1CCC[C@H]1C(=O)N1CCC[C@H]1C(=O)N1CCC[C@H]1C(=O)N[C@@H](CO)C(=O)O. The second kappa shape index (κ2) is 19.8. The van der Waals surface area contributed by atoms with Gasteiger partial charge in [-0.25, -0.2) is 4.79 Å². The number of carboxylic acids is 1. The highest BCUT2D eigenvalue weighted by atomic mass is 16.4. The fourth-order valence-corrected chi connectivity index (χ4v) is 6.55. The van der Waals surface area contributed by atoms with E-state index in [-0.39, 0.29) is 51.7 Å². The number of nitrogens with zero attached hydrogens (tertiary/aromatic N) is 3. The van der Waals surface area contributed by atoms with Crippen LogP contribution < -0.4 is 32.7 Å². The van der Waals surface area contributed by atoms with E-state index in [2.05, 4.69) is 21.3 Å². The number of likely N-dealkylation sites (tertiary alicyclic amines) is 3. The zero-order valence-corrected chi connectivity index (χ0v) is 29.1. The molecule has 7 atom stereocenters. The first kappa shape index (κ1) is 42.5. The minimum absolute atomic E-state index is 0.110. The van der Waals surface area contributed by atoms with Gasteiger partial charge >= 0.3 is 5.97 Å². The van der Waals surface area contributed by atoms with Gasteiger partial charge in [0.1, 0.15) is 42.3 Å². The lowest BCUT2D eigenvalue weighted by molar-refractivity contribution is -0.151. The van der Waals surface area contributed by atoms with E-state index in [1.54, 1.807) is 0 Å². The molecule has 0 unspecified atom stereocenters. The summed E-state index contributed by atoms with van der Waals surface area (Å²) in [6, 6.07) is -8.77. The van der Waals surface area contributed by atoms with Crippen LogP contribution in [0.4, 0.5) is 0 Å². The van der Waals surface area contributed by atoms with Crippen LogP contribution in [0.25, 0.3) is 0 Å². The first-order valence-electron chi connectivity index (χ1n) is 17.3. The molecule has 0 aromatic carbocycles. The highest BCUT2D eigenvalue weighted by Gasteiger charge is 2.46. The van der Waals surface area contributed by atoms with Crippen LogP contribution in [0.15, 0.2) is 0 Å². The van der Waals surface area contributed by atoms with Crippen LogP contribution in [0.2, 0.25) is 0 Å². The quantitative estimate of drug-likeness (QED) is 0.0622. The Morgan fingerprint density at radius 1 is 0.660 bits per heavy atom. The van der Waals surface area contributed by atoms with Crippen LogP contribution in [0.5, 0.6) is 0 Å². The molecule has 3 heterocycles. The van der Waals surface area contributed by atoms with Gasteiger partial charge in [0, 0.05) is 26.1 Å². The Morgan fingerprint density at radius 2 is 1.19 bits per heavy atom. The summed E-state index contributed by atoms with van der Waals surface area (Å²) in [5.74, 6) is -7.50. The van der Waals surface area contributed by atoms with Gasteiger partial charge < -0.3 is 67.9 Å². The maximum absolute atomic E-state index is 14.0. The third-order valence-corrected chi connectivity index (χ3v) is 9.36. The van der Waals surface area contributed by atoms with Gasteiger partial charge in [-0.05, 0) is 44.9 Å². The number of rotatable bonds is 18. The molecule has 0 bridgehead atoms. The number of primary amides is 1. The van der Waals surface area contributed by atoms with Gasteiger partial charge in [0.15, 0.2) is 0 Å². The van der Waals surface area contributed by atoms with Crippen LogP contribution in [0.3, 0.4) is 0 Å². The van der Waals surface area contributed by atoms with Crippen molar-refractivity contribution >= 4 is 53.2 Å². The Balaban J connectivity index is 1.68. The molecular formula is C31H49N9O13. The molecule has 8 amide bonds. The Kier molecular flexibility index (Phi) is 15.9. The van der Waals surface area contributed by atoms with Crippen LogP contribution in [-0.2, 0) is 43.2 Å². The molecule has 0 aromatic heterocycles. The van der Waals surface area contributed by atoms with E-state index in [1.165, 1.54) is 14.7 Å². The average Bonchev–Trinajstić information content (AvgIpc) is 3.93. The Labute approximate surface area is 303 Å². The van der Waals surface area contributed by atoms with Crippen LogP contribution >= 0.6 is 0 Å². The largest absolute Gasteiger partial charge is 0.480 e. The summed E-state index contributed by atoms with van der Waals surface area (Å²) in [6.07, 6.45) is 1.50. The summed E-state index contributed by atoms with van der Waals surface area (Å²) < 4.78 is 0. The number of amides is 8. The number of carbonyl (C=O) groups is 9. The van der Waals surface area contributed by atoms with Crippen LogP contribution in [0.1, 0.15) is 51.4 Å². The number of nitrogens with two attached hydrogens (primary N) is 2. The van der Waals surface area contributed by atoms with Crippen molar-refractivity contribution in [2.24, 2.45) is 11.5 Å². The number of aliphatic hydroxyl groups excluding tert-OH is 3. The Hall–Kier alpha value is -4.93. The molecule has 12 N–H and O–H groups in total. The molecule has 0 aliphatic carbocycles. The van der Waals surface area contributed by atoms with Gasteiger partial charge in [-0.1, -0.05) is 0 Å². The third kappa shape index (κ3) is 11.0.